The molecule has 0 aromatic rings. The van der Waals surface area contributed by atoms with Crippen molar-refractivity contribution in [3.63, 3.8) is 0 Å². The van der Waals surface area contributed by atoms with Crippen LogP contribution in [0.4, 0.5) is 0 Å². The summed E-state index contributed by atoms with van der Waals surface area (Å²) in [6.45, 7) is 3.83. The molecule has 1 fully saturated rings. The van der Waals surface area contributed by atoms with Gasteiger partial charge in [-0.2, -0.15) is 0 Å². The Kier molecular flexibility index (Phi) is 4.05. The fraction of sp³-hybridized carbons (Fsp3) is 0.778. The molecule has 15 heavy (non-hydrogen) atoms. The minimum Gasteiger partial charge on any atom is -0.343 e. The van der Waals surface area contributed by atoms with Gasteiger partial charge in [-0.15, -0.1) is 0 Å². The molecular weight excluding hydrogens is 196 g/mol. The van der Waals surface area contributed by atoms with Gasteiger partial charge in [0.1, 0.15) is 0 Å². The Hall–Kier alpha value is -1.14. The summed E-state index contributed by atoms with van der Waals surface area (Å²) in [4.78, 5) is 26.2. The van der Waals surface area contributed by atoms with Crippen LogP contribution in [-0.2, 0) is 9.59 Å². The van der Waals surface area contributed by atoms with Gasteiger partial charge in [-0.05, 0) is 6.92 Å². The molecule has 0 bridgehead atoms. The van der Waals surface area contributed by atoms with Crippen molar-refractivity contribution in [2.24, 2.45) is 5.84 Å². The van der Waals surface area contributed by atoms with Crippen LogP contribution in [0.3, 0.4) is 0 Å². The minimum absolute atomic E-state index is 0.0474. The van der Waals surface area contributed by atoms with Gasteiger partial charge in [0.05, 0.1) is 6.54 Å². The van der Waals surface area contributed by atoms with Crippen LogP contribution in [0.15, 0.2) is 0 Å². The van der Waals surface area contributed by atoms with E-state index in [2.05, 4.69) is 5.43 Å². The van der Waals surface area contributed by atoms with Gasteiger partial charge >= 0.3 is 0 Å². The van der Waals surface area contributed by atoms with E-state index in [0.717, 1.165) is 6.54 Å². The van der Waals surface area contributed by atoms with Crippen molar-refractivity contribution in [3.05, 3.63) is 0 Å². The third kappa shape index (κ3) is 3.17. The van der Waals surface area contributed by atoms with E-state index in [1.807, 2.05) is 11.8 Å². The van der Waals surface area contributed by atoms with E-state index in [0.29, 0.717) is 19.5 Å². The van der Waals surface area contributed by atoms with Gasteiger partial charge in [0.15, 0.2) is 0 Å². The van der Waals surface area contributed by atoms with Crippen molar-refractivity contribution in [2.45, 2.75) is 19.4 Å². The molecule has 1 rings (SSSR count). The van der Waals surface area contributed by atoms with Crippen molar-refractivity contribution in [2.75, 3.05) is 26.7 Å². The van der Waals surface area contributed by atoms with E-state index in [1.54, 1.807) is 11.9 Å². The number of likely N-dealkylation sites (N-methyl/N-ethyl adjacent to an activating group) is 1. The van der Waals surface area contributed by atoms with E-state index in [-0.39, 0.29) is 17.9 Å². The first-order valence-corrected chi connectivity index (χ1v) is 5.02. The monoisotopic (exact) mass is 214 g/mol. The van der Waals surface area contributed by atoms with E-state index in [9.17, 15) is 9.59 Å². The lowest BCUT2D eigenvalue weighted by atomic mass is 10.1. The maximum absolute atomic E-state index is 11.4. The predicted octanol–water partition coefficient (Wildman–Crippen LogP) is -1.47. The van der Waals surface area contributed by atoms with Crippen molar-refractivity contribution < 1.29 is 9.59 Å². The lowest BCUT2D eigenvalue weighted by Crippen LogP contribution is -2.52. The first-order valence-electron chi connectivity index (χ1n) is 5.02. The number of hydrogen-bond acceptors (Lipinski definition) is 4. The zero-order chi connectivity index (χ0) is 11.4. The van der Waals surface area contributed by atoms with E-state index >= 15 is 0 Å². The summed E-state index contributed by atoms with van der Waals surface area (Å²) in [6, 6.07) is 0.0474. The Labute approximate surface area is 89.4 Å². The molecule has 0 aromatic heterocycles. The van der Waals surface area contributed by atoms with Crippen LogP contribution < -0.4 is 11.3 Å². The maximum Gasteiger partial charge on any atom is 0.236 e. The molecule has 1 aliphatic rings. The molecular formula is C9H18N4O2. The van der Waals surface area contributed by atoms with Crippen molar-refractivity contribution in [1.29, 1.82) is 0 Å². The van der Waals surface area contributed by atoms with E-state index < -0.39 is 0 Å². The molecule has 1 unspecified atom stereocenters. The third-order valence-corrected chi connectivity index (χ3v) is 2.75. The second-order valence-corrected chi connectivity index (χ2v) is 3.91. The Morgan fingerprint density at radius 1 is 1.60 bits per heavy atom. The molecule has 0 aromatic carbocycles. The summed E-state index contributed by atoms with van der Waals surface area (Å²) >= 11 is 0. The lowest BCUT2D eigenvalue weighted by molar-refractivity contribution is -0.136. The molecule has 0 aliphatic carbocycles. The molecule has 3 N–H and O–H groups in total. The largest absolute Gasteiger partial charge is 0.343 e. The molecule has 1 heterocycles. The molecule has 1 aliphatic heterocycles. The molecule has 1 atom stereocenters. The smallest absolute Gasteiger partial charge is 0.236 e. The van der Waals surface area contributed by atoms with E-state index in [1.165, 1.54) is 0 Å². The zero-order valence-corrected chi connectivity index (χ0v) is 9.19. The number of nitrogens with one attached hydrogen (secondary N) is 1. The maximum atomic E-state index is 11.4. The number of amides is 2. The molecule has 6 nitrogen and oxygen atoms in total. The Morgan fingerprint density at radius 2 is 2.27 bits per heavy atom. The molecule has 0 radical (unpaired) electrons. The number of carbonyl (C=O) groups is 2. The number of rotatable bonds is 3. The van der Waals surface area contributed by atoms with Gasteiger partial charge in [0.2, 0.25) is 11.8 Å². The highest BCUT2D eigenvalue weighted by atomic mass is 16.2. The van der Waals surface area contributed by atoms with Crippen molar-refractivity contribution >= 4 is 11.8 Å². The van der Waals surface area contributed by atoms with Crippen LogP contribution in [0.5, 0.6) is 0 Å². The average molecular weight is 214 g/mol. The first kappa shape index (κ1) is 11.9. The second-order valence-electron chi connectivity index (χ2n) is 3.91. The fourth-order valence-corrected chi connectivity index (χ4v) is 1.61. The molecule has 6 heteroatoms. The van der Waals surface area contributed by atoms with Crippen molar-refractivity contribution in [1.82, 2.24) is 15.2 Å². The first-order chi connectivity index (χ1) is 7.04. The summed E-state index contributed by atoms with van der Waals surface area (Å²) < 4.78 is 0. The highest BCUT2D eigenvalue weighted by Gasteiger charge is 2.25. The van der Waals surface area contributed by atoms with Gasteiger partial charge < -0.3 is 4.90 Å². The molecule has 86 valence electrons. The summed E-state index contributed by atoms with van der Waals surface area (Å²) in [5, 5.41) is 0. The highest BCUT2D eigenvalue weighted by molar-refractivity contribution is 5.79. The molecule has 0 spiro atoms. The predicted molar refractivity (Wildman–Crippen MR) is 55.6 cm³/mol. The SMILES string of the molecule is CC(CC(=O)NN)N1CCN(C)C(=O)C1. The van der Waals surface area contributed by atoms with Crippen molar-refractivity contribution in [3.8, 4) is 0 Å². The Bertz CT molecular complexity index is 256. The minimum atomic E-state index is -0.200. The number of piperazine rings is 1. The van der Waals surface area contributed by atoms with Crippen LogP contribution >= 0.6 is 0 Å². The van der Waals surface area contributed by atoms with Crippen LogP contribution in [0.25, 0.3) is 0 Å². The fourth-order valence-electron chi connectivity index (χ4n) is 1.61. The Morgan fingerprint density at radius 3 is 2.80 bits per heavy atom. The summed E-state index contributed by atoms with van der Waals surface area (Å²) in [7, 11) is 1.79. The standard InChI is InChI=1S/C9H18N4O2/c1-7(5-8(14)11-10)13-4-3-12(2)9(15)6-13/h7H,3-6,10H2,1-2H3,(H,11,14). The number of carbonyl (C=O) groups excluding carboxylic acids is 2. The quantitative estimate of drug-likeness (QED) is 0.341. The van der Waals surface area contributed by atoms with E-state index in [4.69, 9.17) is 5.84 Å². The number of hydrazine groups is 1. The number of nitrogens with two attached hydrogens (primary N) is 1. The Balaban J connectivity index is 2.43. The van der Waals surface area contributed by atoms with Crippen LogP contribution in [-0.4, -0.2) is 54.3 Å². The third-order valence-electron chi connectivity index (χ3n) is 2.75. The summed E-state index contributed by atoms with van der Waals surface area (Å²) in [5.41, 5.74) is 2.09. The highest BCUT2D eigenvalue weighted by Crippen LogP contribution is 2.08. The topological polar surface area (TPSA) is 78.7 Å². The number of nitrogens with zero attached hydrogens (tertiary/aromatic N) is 2. The average Bonchev–Trinajstić information content (AvgIpc) is 2.21. The van der Waals surface area contributed by atoms with Gasteiger partial charge in [0.25, 0.3) is 0 Å². The molecule has 1 saturated heterocycles. The molecule has 2 amide bonds. The lowest BCUT2D eigenvalue weighted by Gasteiger charge is -2.35. The van der Waals surface area contributed by atoms with Gasteiger partial charge in [0, 0.05) is 32.6 Å². The normalized spacial score (nSPS) is 20.2. The van der Waals surface area contributed by atoms with Gasteiger partial charge in [-0.1, -0.05) is 0 Å². The summed E-state index contributed by atoms with van der Waals surface area (Å²) in [6.07, 6.45) is 0.327. The van der Waals surface area contributed by atoms with Crippen LogP contribution in [0.1, 0.15) is 13.3 Å². The van der Waals surface area contributed by atoms with Crippen LogP contribution in [0.2, 0.25) is 0 Å². The number of hydrogen-bond donors (Lipinski definition) is 2. The van der Waals surface area contributed by atoms with Gasteiger partial charge in [-0.3, -0.25) is 19.9 Å². The van der Waals surface area contributed by atoms with Crippen LogP contribution in [0, 0.1) is 0 Å². The second kappa shape index (κ2) is 5.09. The van der Waals surface area contributed by atoms with Gasteiger partial charge in [-0.25, -0.2) is 5.84 Å². The zero-order valence-electron chi connectivity index (χ0n) is 9.19. The molecule has 0 saturated carbocycles. The summed E-state index contributed by atoms with van der Waals surface area (Å²) in [5.74, 6) is 4.90.